The fraction of sp³-hybridized carbons (Fsp3) is 0.409. The number of carbonyl (C=O) groups excluding carboxylic acids is 1. The van der Waals surface area contributed by atoms with Gasteiger partial charge in [0.05, 0.1) is 19.8 Å². The van der Waals surface area contributed by atoms with Gasteiger partial charge in [-0.2, -0.15) is 0 Å². The first-order valence-corrected chi connectivity index (χ1v) is 9.59. The average Bonchev–Trinajstić information content (AvgIpc) is 2.69. The third-order valence-corrected chi connectivity index (χ3v) is 4.56. The van der Waals surface area contributed by atoms with Crippen molar-refractivity contribution in [2.24, 2.45) is 5.92 Å². The lowest BCUT2D eigenvalue weighted by atomic mass is 10.1. The first-order chi connectivity index (χ1) is 13.1. The monoisotopic (exact) mass is 368 g/mol. The van der Waals surface area contributed by atoms with Gasteiger partial charge in [-0.1, -0.05) is 19.9 Å². The first kappa shape index (κ1) is 19.2. The van der Waals surface area contributed by atoms with Crippen LogP contribution in [0.1, 0.15) is 30.6 Å². The molecule has 5 heteroatoms. The predicted octanol–water partition coefficient (Wildman–Crippen LogP) is 4.20. The van der Waals surface area contributed by atoms with Crippen LogP contribution in [-0.4, -0.2) is 38.8 Å². The lowest BCUT2D eigenvalue weighted by Crippen LogP contribution is -2.36. The number of hydrogen-bond acceptors (Lipinski definition) is 4. The fourth-order valence-corrected chi connectivity index (χ4v) is 2.92. The number of nitrogens with zero attached hydrogens (tertiary/aromatic N) is 1. The van der Waals surface area contributed by atoms with Crippen molar-refractivity contribution in [3.63, 3.8) is 0 Å². The molecule has 1 saturated heterocycles. The molecular formula is C22H28N2O3. The van der Waals surface area contributed by atoms with Gasteiger partial charge in [0, 0.05) is 30.0 Å². The summed E-state index contributed by atoms with van der Waals surface area (Å²) in [4.78, 5) is 14.8. The van der Waals surface area contributed by atoms with Gasteiger partial charge in [-0.3, -0.25) is 4.79 Å². The summed E-state index contributed by atoms with van der Waals surface area (Å²) in [5.74, 6) is 1.19. The minimum atomic E-state index is -0.136. The average molecular weight is 368 g/mol. The molecule has 0 aliphatic carbocycles. The van der Waals surface area contributed by atoms with Gasteiger partial charge >= 0.3 is 0 Å². The summed E-state index contributed by atoms with van der Waals surface area (Å²) in [5, 5.41) is 2.95. The second kappa shape index (κ2) is 9.42. The molecule has 0 spiro atoms. The number of nitrogens with one attached hydrogen (secondary N) is 1. The summed E-state index contributed by atoms with van der Waals surface area (Å²) in [6.07, 6.45) is 0.992. The van der Waals surface area contributed by atoms with Gasteiger partial charge in [0.2, 0.25) is 0 Å². The first-order valence-electron chi connectivity index (χ1n) is 9.59. The lowest BCUT2D eigenvalue weighted by Gasteiger charge is -2.28. The van der Waals surface area contributed by atoms with Crippen molar-refractivity contribution in [2.45, 2.75) is 20.3 Å². The van der Waals surface area contributed by atoms with E-state index >= 15 is 0 Å². The predicted molar refractivity (Wildman–Crippen MR) is 109 cm³/mol. The van der Waals surface area contributed by atoms with Gasteiger partial charge in [-0.25, -0.2) is 0 Å². The van der Waals surface area contributed by atoms with E-state index < -0.39 is 0 Å². The van der Waals surface area contributed by atoms with E-state index in [0.29, 0.717) is 18.1 Å². The molecule has 2 aromatic carbocycles. The largest absolute Gasteiger partial charge is 0.494 e. The number of carbonyl (C=O) groups is 1. The molecule has 0 bridgehead atoms. The zero-order valence-electron chi connectivity index (χ0n) is 16.1. The van der Waals surface area contributed by atoms with E-state index in [1.165, 1.54) is 0 Å². The highest BCUT2D eigenvalue weighted by Gasteiger charge is 2.12. The van der Waals surface area contributed by atoms with E-state index in [4.69, 9.17) is 9.47 Å². The lowest BCUT2D eigenvalue weighted by molar-refractivity contribution is 0.102. The Kier molecular flexibility index (Phi) is 6.71. The number of morpholine rings is 1. The molecule has 1 aliphatic rings. The molecule has 1 N–H and O–H groups in total. The molecular weight excluding hydrogens is 340 g/mol. The Morgan fingerprint density at radius 1 is 1.15 bits per heavy atom. The number of ether oxygens (including phenoxy) is 2. The molecule has 1 fully saturated rings. The second-order valence-electron chi connectivity index (χ2n) is 7.16. The molecule has 0 atom stereocenters. The highest BCUT2D eigenvalue weighted by Crippen LogP contribution is 2.20. The van der Waals surface area contributed by atoms with Crippen molar-refractivity contribution in [3.8, 4) is 5.75 Å². The Bertz CT molecular complexity index is 737. The van der Waals surface area contributed by atoms with E-state index in [1.807, 2.05) is 36.4 Å². The van der Waals surface area contributed by atoms with Crippen molar-refractivity contribution in [1.29, 1.82) is 0 Å². The third-order valence-electron chi connectivity index (χ3n) is 4.56. The van der Waals surface area contributed by atoms with Gasteiger partial charge < -0.3 is 19.7 Å². The van der Waals surface area contributed by atoms with Crippen LogP contribution in [0, 0.1) is 5.92 Å². The minimum absolute atomic E-state index is 0.136. The van der Waals surface area contributed by atoms with Crippen LogP contribution >= 0.6 is 0 Å². The Labute approximate surface area is 161 Å². The highest BCUT2D eigenvalue weighted by atomic mass is 16.5. The minimum Gasteiger partial charge on any atom is -0.494 e. The molecule has 0 radical (unpaired) electrons. The van der Waals surface area contributed by atoms with Crippen LogP contribution in [0.4, 0.5) is 11.4 Å². The van der Waals surface area contributed by atoms with Gasteiger partial charge in [0.1, 0.15) is 5.75 Å². The molecule has 0 saturated carbocycles. The standard InChI is InChI=1S/C22H28N2O3/c1-17(2)10-13-27-21-5-3-4-18(16-21)22(25)23-19-6-8-20(9-7-19)24-11-14-26-15-12-24/h3-9,16-17H,10-15H2,1-2H3,(H,23,25). The topological polar surface area (TPSA) is 50.8 Å². The number of amides is 1. The number of rotatable bonds is 7. The Morgan fingerprint density at radius 3 is 2.59 bits per heavy atom. The summed E-state index contributed by atoms with van der Waals surface area (Å²) in [6, 6.07) is 15.3. The molecule has 144 valence electrons. The Balaban J connectivity index is 1.58. The van der Waals surface area contributed by atoms with Gasteiger partial charge in [-0.05, 0) is 54.8 Å². The van der Waals surface area contributed by atoms with E-state index in [9.17, 15) is 4.79 Å². The van der Waals surface area contributed by atoms with E-state index in [1.54, 1.807) is 12.1 Å². The zero-order valence-corrected chi connectivity index (χ0v) is 16.1. The molecule has 1 aliphatic heterocycles. The quantitative estimate of drug-likeness (QED) is 0.796. The van der Waals surface area contributed by atoms with E-state index in [0.717, 1.165) is 49.8 Å². The summed E-state index contributed by atoms with van der Waals surface area (Å²) in [6.45, 7) is 8.30. The second-order valence-corrected chi connectivity index (χ2v) is 7.16. The van der Waals surface area contributed by atoms with Gasteiger partial charge in [0.25, 0.3) is 5.91 Å². The molecule has 0 unspecified atom stereocenters. The number of anilines is 2. The molecule has 1 amide bonds. The summed E-state index contributed by atoms with van der Waals surface area (Å²) in [5.41, 5.74) is 2.52. The van der Waals surface area contributed by atoms with Crippen LogP contribution in [0.2, 0.25) is 0 Å². The van der Waals surface area contributed by atoms with Crippen molar-refractivity contribution >= 4 is 17.3 Å². The van der Waals surface area contributed by atoms with Crippen LogP contribution < -0.4 is 15.0 Å². The normalized spacial score (nSPS) is 14.3. The maximum absolute atomic E-state index is 12.5. The summed E-state index contributed by atoms with van der Waals surface area (Å²) >= 11 is 0. The van der Waals surface area contributed by atoms with Crippen LogP contribution in [0.3, 0.4) is 0 Å². The number of benzene rings is 2. The van der Waals surface area contributed by atoms with Crippen LogP contribution in [0.5, 0.6) is 5.75 Å². The third kappa shape index (κ3) is 5.73. The molecule has 27 heavy (non-hydrogen) atoms. The summed E-state index contributed by atoms with van der Waals surface area (Å²) in [7, 11) is 0. The summed E-state index contributed by atoms with van der Waals surface area (Å²) < 4.78 is 11.1. The van der Waals surface area contributed by atoms with Crippen molar-refractivity contribution in [1.82, 2.24) is 0 Å². The van der Waals surface area contributed by atoms with Crippen molar-refractivity contribution in [3.05, 3.63) is 54.1 Å². The van der Waals surface area contributed by atoms with E-state index in [-0.39, 0.29) is 5.91 Å². The van der Waals surface area contributed by atoms with Crippen molar-refractivity contribution in [2.75, 3.05) is 43.1 Å². The Morgan fingerprint density at radius 2 is 1.89 bits per heavy atom. The molecule has 2 aromatic rings. The van der Waals surface area contributed by atoms with Gasteiger partial charge in [0.15, 0.2) is 0 Å². The molecule has 0 aromatic heterocycles. The number of hydrogen-bond donors (Lipinski definition) is 1. The Hall–Kier alpha value is -2.53. The van der Waals surface area contributed by atoms with Gasteiger partial charge in [-0.15, -0.1) is 0 Å². The SMILES string of the molecule is CC(C)CCOc1cccc(C(=O)Nc2ccc(N3CCOCC3)cc2)c1. The zero-order chi connectivity index (χ0) is 19.1. The van der Waals surface area contributed by atoms with E-state index in [2.05, 4.69) is 24.1 Å². The highest BCUT2D eigenvalue weighted by molar-refractivity contribution is 6.04. The maximum Gasteiger partial charge on any atom is 0.255 e. The smallest absolute Gasteiger partial charge is 0.255 e. The molecule has 5 nitrogen and oxygen atoms in total. The maximum atomic E-state index is 12.5. The van der Waals surface area contributed by atoms with Crippen molar-refractivity contribution < 1.29 is 14.3 Å². The fourth-order valence-electron chi connectivity index (χ4n) is 2.92. The van der Waals surface area contributed by atoms with Crippen LogP contribution in [-0.2, 0) is 4.74 Å². The molecule has 3 rings (SSSR count). The molecule has 1 heterocycles. The van der Waals surface area contributed by atoms with Crippen LogP contribution in [0.15, 0.2) is 48.5 Å². The van der Waals surface area contributed by atoms with Crippen LogP contribution in [0.25, 0.3) is 0 Å².